The number of nitrogens with zero attached hydrogens (tertiary/aromatic N) is 3. The van der Waals surface area contributed by atoms with E-state index in [4.69, 9.17) is 9.47 Å². The summed E-state index contributed by atoms with van der Waals surface area (Å²) in [7, 11) is 1.54. The molecule has 34 heavy (non-hydrogen) atoms. The predicted octanol–water partition coefficient (Wildman–Crippen LogP) is 5.74. The van der Waals surface area contributed by atoms with Crippen LogP contribution in [0.5, 0.6) is 11.5 Å². The summed E-state index contributed by atoms with van der Waals surface area (Å²) < 4.78 is 11.3. The van der Waals surface area contributed by atoms with Crippen molar-refractivity contribution in [3.05, 3.63) is 92.8 Å². The first-order chi connectivity index (χ1) is 16.4. The van der Waals surface area contributed by atoms with Gasteiger partial charge in [0.15, 0.2) is 11.5 Å². The number of H-pyrrole nitrogens is 1. The molecule has 0 unspecified atom stereocenters. The summed E-state index contributed by atoms with van der Waals surface area (Å²) in [5.74, 6) is 1.52. The summed E-state index contributed by atoms with van der Waals surface area (Å²) in [4.78, 5) is 18.2. The molecule has 0 fully saturated rings. The van der Waals surface area contributed by atoms with Crippen LogP contribution in [0.25, 0.3) is 22.7 Å². The summed E-state index contributed by atoms with van der Waals surface area (Å²) in [6, 6.07) is 17.8. The molecule has 170 valence electrons. The van der Waals surface area contributed by atoms with Crippen LogP contribution in [-0.2, 0) is 6.61 Å². The molecule has 0 spiro atoms. The number of hydrogen-bond donors (Lipinski definition) is 1. The van der Waals surface area contributed by atoms with Crippen LogP contribution in [0.1, 0.15) is 28.1 Å². The number of nitrogens with one attached hydrogen (secondary N) is 1. The van der Waals surface area contributed by atoms with E-state index in [2.05, 4.69) is 16.0 Å². The molecule has 0 aliphatic rings. The minimum atomic E-state index is -0.442. The van der Waals surface area contributed by atoms with E-state index in [9.17, 15) is 15.4 Å². The zero-order chi connectivity index (χ0) is 24.2. The quantitative estimate of drug-likeness (QED) is 0.216. The third-order valence-electron chi connectivity index (χ3n) is 5.51. The molecular formula is C26H22N4O4. The van der Waals surface area contributed by atoms with Gasteiger partial charge in [0.25, 0.3) is 5.69 Å². The number of nitro groups is 1. The molecule has 1 aromatic heterocycles. The molecule has 8 heteroatoms. The Kier molecular flexibility index (Phi) is 6.28. The Bertz CT molecular complexity index is 1410. The first-order valence-electron chi connectivity index (χ1n) is 10.5. The molecule has 8 nitrogen and oxygen atoms in total. The van der Waals surface area contributed by atoms with Crippen molar-refractivity contribution in [2.45, 2.75) is 20.5 Å². The average Bonchev–Trinajstić information content (AvgIpc) is 3.24. The van der Waals surface area contributed by atoms with Crippen molar-refractivity contribution >= 4 is 28.4 Å². The maximum absolute atomic E-state index is 10.8. The molecule has 0 aliphatic heterocycles. The normalized spacial score (nSPS) is 11.3. The van der Waals surface area contributed by atoms with Gasteiger partial charge in [0.2, 0.25) is 0 Å². The lowest BCUT2D eigenvalue weighted by Gasteiger charge is -2.11. The maximum Gasteiger partial charge on any atom is 0.269 e. The van der Waals surface area contributed by atoms with Gasteiger partial charge in [-0.2, -0.15) is 5.26 Å². The van der Waals surface area contributed by atoms with Crippen molar-refractivity contribution in [3.8, 4) is 17.6 Å². The minimum Gasteiger partial charge on any atom is -0.493 e. The molecule has 0 radical (unpaired) electrons. The van der Waals surface area contributed by atoms with Crippen LogP contribution in [0, 0.1) is 35.3 Å². The Morgan fingerprint density at radius 2 is 1.85 bits per heavy atom. The number of aromatic nitrogens is 2. The van der Waals surface area contributed by atoms with Gasteiger partial charge in [-0.15, -0.1) is 0 Å². The number of methoxy groups -OCH3 is 1. The van der Waals surface area contributed by atoms with E-state index in [0.717, 1.165) is 33.3 Å². The van der Waals surface area contributed by atoms with Gasteiger partial charge in [0.1, 0.15) is 18.5 Å². The van der Waals surface area contributed by atoms with Gasteiger partial charge in [-0.25, -0.2) is 4.98 Å². The minimum absolute atomic E-state index is 0.0282. The van der Waals surface area contributed by atoms with E-state index in [1.807, 2.05) is 32.0 Å². The molecular weight excluding hydrogens is 432 g/mol. The van der Waals surface area contributed by atoms with E-state index in [1.54, 1.807) is 30.3 Å². The Morgan fingerprint density at radius 3 is 2.53 bits per heavy atom. The lowest BCUT2D eigenvalue weighted by molar-refractivity contribution is -0.384. The average molecular weight is 454 g/mol. The Morgan fingerprint density at radius 1 is 1.12 bits per heavy atom. The highest BCUT2D eigenvalue weighted by Gasteiger charge is 2.11. The second kappa shape index (κ2) is 9.46. The van der Waals surface area contributed by atoms with Gasteiger partial charge in [0, 0.05) is 12.1 Å². The number of nitro benzene ring substituents is 1. The molecule has 1 heterocycles. The molecule has 4 rings (SSSR count). The second-order valence-corrected chi connectivity index (χ2v) is 7.83. The Labute approximate surface area is 196 Å². The zero-order valence-electron chi connectivity index (χ0n) is 19.0. The van der Waals surface area contributed by atoms with E-state index in [0.29, 0.717) is 22.9 Å². The van der Waals surface area contributed by atoms with Crippen LogP contribution < -0.4 is 9.47 Å². The molecule has 0 aliphatic carbocycles. The van der Waals surface area contributed by atoms with Gasteiger partial charge in [0.05, 0.1) is 28.6 Å². The largest absolute Gasteiger partial charge is 0.493 e. The van der Waals surface area contributed by atoms with Gasteiger partial charge in [-0.1, -0.05) is 6.07 Å². The van der Waals surface area contributed by atoms with Crippen molar-refractivity contribution in [2.24, 2.45) is 0 Å². The third kappa shape index (κ3) is 4.74. The summed E-state index contributed by atoms with van der Waals surface area (Å²) >= 11 is 0. The lowest BCUT2D eigenvalue weighted by atomic mass is 10.1. The number of rotatable bonds is 7. The fourth-order valence-electron chi connectivity index (χ4n) is 3.49. The molecule has 0 bridgehead atoms. The molecule has 1 N–H and O–H groups in total. The Hall–Kier alpha value is -4.64. The number of fused-ring (bicyclic) bond motifs is 1. The molecule has 3 aromatic carbocycles. The van der Waals surface area contributed by atoms with Crippen LogP contribution in [-0.4, -0.2) is 22.0 Å². The molecule has 0 saturated carbocycles. The van der Waals surface area contributed by atoms with E-state index in [-0.39, 0.29) is 12.3 Å². The van der Waals surface area contributed by atoms with Crippen molar-refractivity contribution in [1.29, 1.82) is 5.26 Å². The highest BCUT2D eigenvalue weighted by atomic mass is 16.6. The molecule has 0 saturated heterocycles. The third-order valence-corrected chi connectivity index (χ3v) is 5.51. The zero-order valence-corrected chi connectivity index (χ0v) is 19.0. The number of hydrogen-bond acceptors (Lipinski definition) is 6. The van der Waals surface area contributed by atoms with E-state index < -0.39 is 4.92 Å². The van der Waals surface area contributed by atoms with Gasteiger partial charge >= 0.3 is 0 Å². The van der Waals surface area contributed by atoms with E-state index >= 15 is 0 Å². The fourth-order valence-corrected chi connectivity index (χ4v) is 3.49. The monoisotopic (exact) mass is 454 g/mol. The van der Waals surface area contributed by atoms with E-state index in [1.165, 1.54) is 19.2 Å². The second-order valence-electron chi connectivity index (χ2n) is 7.83. The topological polar surface area (TPSA) is 114 Å². The number of non-ortho nitro benzene ring substituents is 1. The van der Waals surface area contributed by atoms with Crippen molar-refractivity contribution < 1.29 is 14.4 Å². The number of nitriles is 1. The van der Waals surface area contributed by atoms with Crippen LogP contribution in [0.2, 0.25) is 0 Å². The van der Waals surface area contributed by atoms with Gasteiger partial charge in [-0.3, -0.25) is 10.1 Å². The number of allylic oxidation sites excluding steroid dienone is 1. The summed E-state index contributed by atoms with van der Waals surface area (Å²) in [5, 5.41) is 20.5. The number of aryl methyl sites for hydroxylation is 2. The molecule has 0 atom stereocenters. The molecule has 0 amide bonds. The maximum atomic E-state index is 10.8. The highest BCUT2D eigenvalue weighted by molar-refractivity contribution is 5.90. The van der Waals surface area contributed by atoms with Crippen molar-refractivity contribution in [3.63, 3.8) is 0 Å². The standard InChI is InChI=1S/C26H22N4O4/c1-16-10-22-23(11-17(16)2)29-26(28-22)20(14-27)12-19-6-9-24(25(13-19)33-3)34-15-18-4-7-21(8-5-18)30(31)32/h4-13H,15H2,1-3H3,(H,28,29)/b20-12+. The van der Waals surface area contributed by atoms with Crippen LogP contribution in [0.15, 0.2) is 54.6 Å². The number of benzene rings is 3. The first-order valence-corrected chi connectivity index (χ1v) is 10.5. The van der Waals surface area contributed by atoms with Gasteiger partial charge in [-0.05, 0) is 78.6 Å². The lowest BCUT2D eigenvalue weighted by Crippen LogP contribution is -1.98. The SMILES string of the molecule is COc1cc(/C=C(\C#N)c2nc3cc(C)c(C)cc3[nH]2)ccc1OCc1ccc([N+](=O)[O-])cc1. The fraction of sp³-hybridized carbons (Fsp3) is 0.154. The van der Waals surface area contributed by atoms with Crippen LogP contribution in [0.4, 0.5) is 5.69 Å². The first kappa shape index (κ1) is 22.6. The van der Waals surface area contributed by atoms with Crippen LogP contribution in [0.3, 0.4) is 0 Å². The molecule has 4 aromatic rings. The number of aromatic amines is 1. The van der Waals surface area contributed by atoms with Crippen LogP contribution >= 0.6 is 0 Å². The summed E-state index contributed by atoms with van der Waals surface area (Å²) in [5.41, 5.74) is 5.95. The van der Waals surface area contributed by atoms with Crippen molar-refractivity contribution in [1.82, 2.24) is 9.97 Å². The predicted molar refractivity (Wildman–Crippen MR) is 129 cm³/mol. The highest BCUT2D eigenvalue weighted by Crippen LogP contribution is 2.31. The number of ether oxygens (including phenoxy) is 2. The van der Waals surface area contributed by atoms with Gasteiger partial charge < -0.3 is 14.5 Å². The summed E-state index contributed by atoms with van der Waals surface area (Å²) in [6.07, 6.45) is 1.74. The smallest absolute Gasteiger partial charge is 0.269 e. The summed E-state index contributed by atoms with van der Waals surface area (Å²) in [6.45, 7) is 4.29. The van der Waals surface area contributed by atoms with Crippen molar-refractivity contribution in [2.75, 3.05) is 7.11 Å². The number of imidazole rings is 1. The Balaban J connectivity index is 1.56.